The van der Waals surface area contributed by atoms with E-state index in [1.807, 2.05) is 0 Å². The molecule has 0 spiro atoms. The Morgan fingerprint density at radius 3 is 2.80 bits per heavy atom. The Hall–Kier alpha value is -1.04. The van der Waals surface area contributed by atoms with Gasteiger partial charge in [-0.3, -0.25) is 0 Å². The minimum Gasteiger partial charge on any atom is -0.0874 e. The third-order valence-electron chi connectivity index (χ3n) is 2.83. The zero-order valence-corrected chi connectivity index (χ0v) is 10.2. The van der Waals surface area contributed by atoms with Gasteiger partial charge in [-0.15, -0.1) is 0 Å². The maximum absolute atomic E-state index is 2.38. The van der Waals surface area contributed by atoms with Crippen molar-refractivity contribution >= 4 is 0 Å². The summed E-state index contributed by atoms with van der Waals surface area (Å²) in [6.45, 7) is 6.43. The lowest BCUT2D eigenvalue weighted by atomic mass is 9.96. The molecule has 0 saturated heterocycles. The Bertz CT molecular complexity index is 311. The molecule has 0 aromatic rings. The molecule has 0 bridgehead atoms. The van der Waals surface area contributed by atoms with Crippen LogP contribution in [0.2, 0.25) is 0 Å². The fourth-order valence-corrected chi connectivity index (χ4v) is 1.93. The third-order valence-corrected chi connectivity index (χ3v) is 2.83. The van der Waals surface area contributed by atoms with E-state index in [0.29, 0.717) is 0 Å². The fourth-order valence-electron chi connectivity index (χ4n) is 1.93. The van der Waals surface area contributed by atoms with Gasteiger partial charge in [-0.05, 0) is 46.5 Å². The highest BCUT2D eigenvalue weighted by atomic mass is 14.1. The van der Waals surface area contributed by atoms with Gasteiger partial charge in [0.25, 0.3) is 0 Å². The first-order chi connectivity index (χ1) is 7.26. The van der Waals surface area contributed by atoms with Gasteiger partial charge in [0.05, 0.1) is 0 Å². The number of hydrogen-bond acceptors (Lipinski definition) is 0. The zero-order chi connectivity index (χ0) is 11.1. The molecule has 0 aromatic heterocycles. The molecule has 0 aliphatic heterocycles. The molecule has 1 aliphatic rings. The molecule has 0 atom stereocenters. The van der Waals surface area contributed by atoms with Gasteiger partial charge < -0.3 is 0 Å². The van der Waals surface area contributed by atoms with E-state index >= 15 is 0 Å². The van der Waals surface area contributed by atoms with E-state index in [9.17, 15) is 0 Å². The van der Waals surface area contributed by atoms with Crippen LogP contribution >= 0.6 is 0 Å². The summed E-state index contributed by atoms with van der Waals surface area (Å²) in [5, 5.41) is 0. The molecule has 0 unspecified atom stereocenters. The summed E-state index contributed by atoms with van der Waals surface area (Å²) < 4.78 is 0. The summed E-state index contributed by atoms with van der Waals surface area (Å²) in [5.74, 6) is 0. The molecule has 0 heteroatoms. The highest BCUT2D eigenvalue weighted by Crippen LogP contribution is 2.22. The van der Waals surface area contributed by atoms with E-state index in [0.717, 1.165) is 6.42 Å². The molecule has 82 valence electrons. The van der Waals surface area contributed by atoms with E-state index in [1.54, 1.807) is 0 Å². The first-order valence-electron chi connectivity index (χ1n) is 5.90. The van der Waals surface area contributed by atoms with E-state index in [4.69, 9.17) is 0 Å². The molecule has 0 nitrogen and oxygen atoms in total. The normalized spacial score (nSPS) is 17.9. The monoisotopic (exact) mass is 202 g/mol. The van der Waals surface area contributed by atoms with Gasteiger partial charge in [0.2, 0.25) is 0 Å². The lowest BCUT2D eigenvalue weighted by molar-refractivity contribution is 0.890. The predicted octanol–water partition coefficient (Wildman–Crippen LogP) is 4.96. The highest BCUT2D eigenvalue weighted by Gasteiger charge is 2.02. The van der Waals surface area contributed by atoms with Crippen molar-refractivity contribution in [2.45, 2.75) is 46.5 Å². The first kappa shape index (κ1) is 12.0. The molecule has 15 heavy (non-hydrogen) atoms. The van der Waals surface area contributed by atoms with Crippen LogP contribution in [0, 0.1) is 0 Å². The second-order valence-electron chi connectivity index (χ2n) is 4.17. The minimum atomic E-state index is 1.16. The molecule has 1 rings (SSSR count). The van der Waals surface area contributed by atoms with Crippen molar-refractivity contribution in [1.29, 1.82) is 0 Å². The molecular formula is C15H22. The van der Waals surface area contributed by atoms with Crippen LogP contribution in [0.4, 0.5) is 0 Å². The summed E-state index contributed by atoms with van der Waals surface area (Å²) in [4.78, 5) is 0. The lowest BCUT2D eigenvalue weighted by Crippen LogP contribution is -1.90. The molecule has 0 amide bonds. The van der Waals surface area contributed by atoms with Crippen LogP contribution in [0.1, 0.15) is 46.5 Å². The summed E-state index contributed by atoms with van der Waals surface area (Å²) in [6, 6.07) is 0. The van der Waals surface area contributed by atoms with Gasteiger partial charge >= 0.3 is 0 Å². The Morgan fingerprint density at radius 2 is 2.20 bits per heavy atom. The van der Waals surface area contributed by atoms with Crippen molar-refractivity contribution in [1.82, 2.24) is 0 Å². The average Bonchev–Trinajstić information content (AvgIpc) is 2.24. The van der Waals surface area contributed by atoms with Crippen LogP contribution in [0.3, 0.4) is 0 Å². The first-order valence-corrected chi connectivity index (χ1v) is 5.90. The van der Waals surface area contributed by atoms with Gasteiger partial charge in [-0.25, -0.2) is 0 Å². The van der Waals surface area contributed by atoms with Crippen molar-refractivity contribution < 1.29 is 0 Å². The molecule has 0 radical (unpaired) electrons. The fraction of sp³-hybridized carbons (Fsp3) is 0.467. The summed E-state index contributed by atoms with van der Waals surface area (Å²) in [6.07, 6.45) is 16.1. The maximum Gasteiger partial charge on any atom is -0.0242 e. The second-order valence-corrected chi connectivity index (χ2v) is 4.17. The topological polar surface area (TPSA) is 0 Å². The molecule has 0 fully saturated rings. The van der Waals surface area contributed by atoms with Crippen LogP contribution in [0.25, 0.3) is 0 Å². The molecule has 0 saturated carbocycles. The van der Waals surface area contributed by atoms with Gasteiger partial charge in [0.1, 0.15) is 0 Å². The second kappa shape index (κ2) is 6.44. The van der Waals surface area contributed by atoms with Crippen molar-refractivity contribution in [3.63, 3.8) is 0 Å². The van der Waals surface area contributed by atoms with E-state index in [2.05, 4.69) is 51.2 Å². The number of hydrogen-bond donors (Lipinski definition) is 0. The summed E-state index contributed by atoms with van der Waals surface area (Å²) in [5.41, 5.74) is 4.48. The molecule has 0 aromatic carbocycles. The standard InChI is InChI=1S/C15H22/c1-4-7-14(5-2)10-11-15-9-6-8-13(3)12-15/h4-5,7,9,12H,6,8,10-11H2,1-3H3/b7-4-,14-5+. The lowest BCUT2D eigenvalue weighted by Gasteiger charge is -2.10. The Labute approximate surface area is 94.1 Å². The van der Waals surface area contributed by atoms with E-state index in [-0.39, 0.29) is 0 Å². The minimum absolute atomic E-state index is 1.16. The van der Waals surface area contributed by atoms with E-state index < -0.39 is 0 Å². The van der Waals surface area contributed by atoms with Crippen molar-refractivity contribution in [2.24, 2.45) is 0 Å². The van der Waals surface area contributed by atoms with Crippen LogP contribution in [-0.2, 0) is 0 Å². The number of rotatable bonds is 4. The van der Waals surface area contributed by atoms with Gasteiger partial charge in [0.15, 0.2) is 0 Å². The predicted molar refractivity (Wildman–Crippen MR) is 68.9 cm³/mol. The van der Waals surface area contributed by atoms with Gasteiger partial charge in [-0.2, -0.15) is 0 Å². The van der Waals surface area contributed by atoms with Crippen LogP contribution in [0.15, 0.2) is 47.1 Å². The Morgan fingerprint density at radius 1 is 1.40 bits per heavy atom. The Balaban J connectivity index is 2.47. The summed E-state index contributed by atoms with van der Waals surface area (Å²) in [7, 11) is 0. The average molecular weight is 202 g/mol. The van der Waals surface area contributed by atoms with Gasteiger partial charge in [-0.1, -0.05) is 47.1 Å². The SMILES string of the molecule is C/C=C\C(=C/C)CCC1=CCCC(C)=C1. The molecule has 0 heterocycles. The number of allylic oxidation sites excluding steroid dienone is 8. The molecular weight excluding hydrogens is 180 g/mol. The quantitative estimate of drug-likeness (QED) is 0.565. The van der Waals surface area contributed by atoms with Crippen molar-refractivity contribution in [2.75, 3.05) is 0 Å². The van der Waals surface area contributed by atoms with Crippen LogP contribution in [0.5, 0.6) is 0 Å². The van der Waals surface area contributed by atoms with Crippen LogP contribution < -0.4 is 0 Å². The highest BCUT2D eigenvalue weighted by molar-refractivity contribution is 5.28. The smallest absolute Gasteiger partial charge is 0.0242 e. The van der Waals surface area contributed by atoms with E-state index in [1.165, 1.54) is 36.0 Å². The summed E-state index contributed by atoms with van der Waals surface area (Å²) >= 11 is 0. The van der Waals surface area contributed by atoms with Crippen LogP contribution in [-0.4, -0.2) is 0 Å². The molecule has 1 aliphatic carbocycles. The van der Waals surface area contributed by atoms with Crippen molar-refractivity contribution in [3.8, 4) is 0 Å². The zero-order valence-electron chi connectivity index (χ0n) is 10.2. The Kier molecular flexibility index (Phi) is 5.17. The third kappa shape index (κ3) is 4.33. The largest absolute Gasteiger partial charge is 0.0874 e. The molecule has 0 N–H and O–H groups in total. The van der Waals surface area contributed by atoms with Gasteiger partial charge in [0, 0.05) is 0 Å². The van der Waals surface area contributed by atoms with Crippen molar-refractivity contribution in [3.05, 3.63) is 47.1 Å². The maximum atomic E-state index is 2.38.